The molecule has 0 radical (unpaired) electrons. The smallest absolute Gasteiger partial charge is 0.313 e. The Morgan fingerprint density at radius 2 is 2.04 bits per heavy atom. The minimum absolute atomic E-state index is 0.0707. The van der Waals surface area contributed by atoms with E-state index in [-0.39, 0.29) is 11.7 Å². The van der Waals surface area contributed by atoms with Crippen molar-refractivity contribution in [3.05, 3.63) is 10.9 Å². The number of nitrogens with zero attached hydrogens (tertiary/aromatic N) is 4. The van der Waals surface area contributed by atoms with Gasteiger partial charge in [-0.2, -0.15) is 0 Å². The minimum Gasteiger partial charge on any atom is -0.481 e. The molecule has 2 aromatic rings. The summed E-state index contributed by atoms with van der Waals surface area (Å²) in [7, 11) is 1.59. The van der Waals surface area contributed by atoms with E-state index >= 15 is 0 Å². The Hall–Kier alpha value is -1.91. The molecule has 0 aliphatic carbocycles. The van der Waals surface area contributed by atoms with Gasteiger partial charge in [-0.15, -0.1) is 11.3 Å². The Bertz CT molecular complexity index is 849. The van der Waals surface area contributed by atoms with Crippen molar-refractivity contribution in [1.82, 2.24) is 14.9 Å². The van der Waals surface area contributed by atoms with Crippen molar-refractivity contribution in [3.8, 4) is 0 Å². The molecule has 1 fully saturated rings. The number of hydrogen-bond donors (Lipinski definition) is 1. The molecular weight excluding hydrogens is 400 g/mol. The van der Waals surface area contributed by atoms with Crippen LogP contribution in [0.1, 0.15) is 18.2 Å². The maximum Gasteiger partial charge on any atom is 0.313 e. The number of anilines is 1. The van der Waals surface area contributed by atoms with Gasteiger partial charge < -0.3 is 19.6 Å². The lowest BCUT2D eigenvalue weighted by Crippen LogP contribution is -2.49. The molecule has 28 heavy (non-hydrogen) atoms. The van der Waals surface area contributed by atoms with Crippen LogP contribution in [0.2, 0.25) is 0 Å². The zero-order chi connectivity index (χ0) is 20.1. The molecule has 0 bridgehead atoms. The van der Waals surface area contributed by atoms with Crippen LogP contribution < -0.4 is 4.90 Å². The van der Waals surface area contributed by atoms with Crippen LogP contribution in [0.4, 0.5) is 5.82 Å². The number of carbonyl (C=O) groups is 2. The molecule has 10 heteroatoms. The van der Waals surface area contributed by atoms with E-state index in [9.17, 15) is 9.59 Å². The Labute approximate surface area is 171 Å². The summed E-state index contributed by atoms with van der Waals surface area (Å²) < 4.78 is 4.99. The minimum atomic E-state index is -0.890. The number of aryl methyl sites for hydroxylation is 1. The predicted octanol–water partition coefficient (Wildman–Crippen LogP) is 2.12. The molecule has 1 amide bonds. The van der Waals surface area contributed by atoms with Crippen molar-refractivity contribution in [2.45, 2.75) is 24.9 Å². The van der Waals surface area contributed by atoms with Crippen LogP contribution in [-0.2, 0) is 20.7 Å². The van der Waals surface area contributed by atoms with E-state index < -0.39 is 5.97 Å². The number of carbonyl (C=O) groups excluding carboxylic acids is 1. The molecule has 3 rings (SSSR count). The first-order valence-corrected chi connectivity index (χ1v) is 11.0. The highest BCUT2D eigenvalue weighted by Crippen LogP contribution is 2.33. The molecule has 1 saturated heterocycles. The van der Waals surface area contributed by atoms with Crippen molar-refractivity contribution in [2.24, 2.45) is 0 Å². The van der Waals surface area contributed by atoms with E-state index in [0.717, 1.165) is 34.2 Å². The second-order valence-corrected chi connectivity index (χ2v) is 8.47. The fourth-order valence-electron chi connectivity index (χ4n) is 3.06. The molecule has 0 saturated carbocycles. The topological polar surface area (TPSA) is 95.9 Å². The summed E-state index contributed by atoms with van der Waals surface area (Å²) in [5.74, 6) is -0.0221. The highest BCUT2D eigenvalue weighted by atomic mass is 32.2. The van der Waals surface area contributed by atoms with E-state index in [2.05, 4.69) is 27.9 Å². The number of carboxylic acid groups (broad SMARTS) is 1. The number of ether oxygens (including phenoxy) is 1. The number of thiophene rings is 1. The fraction of sp³-hybridized carbons (Fsp3) is 0.556. The lowest BCUT2D eigenvalue weighted by molar-refractivity contribution is -0.134. The molecule has 3 heterocycles. The van der Waals surface area contributed by atoms with E-state index in [1.807, 2.05) is 4.90 Å². The number of carboxylic acids is 1. The third kappa shape index (κ3) is 4.92. The van der Waals surface area contributed by atoms with Gasteiger partial charge >= 0.3 is 5.97 Å². The summed E-state index contributed by atoms with van der Waals surface area (Å²) in [5, 5.41) is 10.4. The van der Waals surface area contributed by atoms with Gasteiger partial charge in [0.05, 0.1) is 24.2 Å². The van der Waals surface area contributed by atoms with Gasteiger partial charge in [-0.05, 0) is 12.5 Å². The molecule has 1 N–H and O–H groups in total. The third-order valence-electron chi connectivity index (χ3n) is 4.53. The fourth-order valence-corrected chi connectivity index (χ4v) is 4.64. The van der Waals surface area contributed by atoms with Gasteiger partial charge in [0, 0.05) is 38.2 Å². The van der Waals surface area contributed by atoms with Crippen LogP contribution in [0.25, 0.3) is 10.2 Å². The maximum absolute atomic E-state index is 12.2. The van der Waals surface area contributed by atoms with Crippen molar-refractivity contribution >= 4 is 51.0 Å². The number of rotatable bonds is 8. The van der Waals surface area contributed by atoms with Crippen LogP contribution in [0.3, 0.4) is 0 Å². The molecule has 1 aliphatic rings. The average molecular weight is 425 g/mol. The SMILES string of the molecule is CCc1cc2c(N3CCN(C(=O)CCOC)CC3)nc(SCC(=O)O)nc2s1. The summed E-state index contributed by atoms with van der Waals surface area (Å²) in [6.07, 6.45) is 1.31. The van der Waals surface area contributed by atoms with Gasteiger partial charge in [0.25, 0.3) is 0 Å². The lowest BCUT2D eigenvalue weighted by Gasteiger charge is -2.35. The standard InChI is InChI=1S/C18H24N4O4S2/c1-3-12-10-13-16(19-18(20-17(13)28-12)27-11-15(24)25)22-7-5-21(6-8-22)14(23)4-9-26-2/h10H,3-9,11H2,1-2H3,(H,24,25). The van der Waals surface area contributed by atoms with E-state index in [0.29, 0.717) is 44.4 Å². The predicted molar refractivity (Wildman–Crippen MR) is 110 cm³/mol. The van der Waals surface area contributed by atoms with Crippen molar-refractivity contribution in [3.63, 3.8) is 0 Å². The normalized spacial score (nSPS) is 14.6. The van der Waals surface area contributed by atoms with Gasteiger partial charge in [-0.25, -0.2) is 9.97 Å². The molecule has 152 valence electrons. The summed E-state index contributed by atoms with van der Waals surface area (Å²) >= 11 is 2.75. The Balaban J connectivity index is 1.80. The molecule has 1 aliphatic heterocycles. The summed E-state index contributed by atoms with van der Waals surface area (Å²) in [5.41, 5.74) is 0. The number of piperazine rings is 1. The van der Waals surface area contributed by atoms with Crippen LogP contribution >= 0.6 is 23.1 Å². The highest BCUT2D eigenvalue weighted by molar-refractivity contribution is 7.99. The summed E-state index contributed by atoms with van der Waals surface area (Å²) in [4.78, 5) is 38.5. The van der Waals surface area contributed by atoms with E-state index in [4.69, 9.17) is 9.84 Å². The van der Waals surface area contributed by atoms with Crippen LogP contribution in [0, 0.1) is 0 Å². The van der Waals surface area contributed by atoms with Gasteiger partial charge in [0.1, 0.15) is 10.6 Å². The largest absolute Gasteiger partial charge is 0.481 e. The van der Waals surface area contributed by atoms with Crippen LogP contribution in [0.5, 0.6) is 0 Å². The second kappa shape index (κ2) is 9.53. The van der Waals surface area contributed by atoms with Crippen molar-refractivity contribution in [2.75, 3.05) is 50.5 Å². The average Bonchev–Trinajstić information content (AvgIpc) is 3.13. The van der Waals surface area contributed by atoms with Crippen LogP contribution in [0.15, 0.2) is 11.2 Å². The molecule has 0 unspecified atom stereocenters. The molecular formula is C18H24N4O4S2. The molecule has 2 aromatic heterocycles. The number of hydrogen-bond acceptors (Lipinski definition) is 8. The molecule has 0 aromatic carbocycles. The molecule has 8 nitrogen and oxygen atoms in total. The Morgan fingerprint density at radius 3 is 2.68 bits per heavy atom. The number of methoxy groups -OCH3 is 1. The first kappa shape index (κ1) is 20.8. The van der Waals surface area contributed by atoms with E-state index in [1.54, 1.807) is 18.4 Å². The summed E-state index contributed by atoms with van der Waals surface area (Å²) in [6, 6.07) is 2.12. The molecule has 0 atom stereocenters. The summed E-state index contributed by atoms with van der Waals surface area (Å²) in [6.45, 7) is 5.18. The zero-order valence-corrected chi connectivity index (χ0v) is 17.6. The highest BCUT2D eigenvalue weighted by Gasteiger charge is 2.24. The molecule has 0 spiro atoms. The Morgan fingerprint density at radius 1 is 1.29 bits per heavy atom. The maximum atomic E-state index is 12.2. The quantitative estimate of drug-likeness (QED) is 0.509. The van der Waals surface area contributed by atoms with Gasteiger partial charge in [-0.1, -0.05) is 18.7 Å². The van der Waals surface area contributed by atoms with Crippen molar-refractivity contribution < 1.29 is 19.4 Å². The monoisotopic (exact) mass is 424 g/mol. The van der Waals surface area contributed by atoms with Gasteiger partial charge in [0.2, 0.25) is 5.91 Å². The lowest BCUT2D eigenvalue weighted by atomic mass is 10.2. The first-order valence-electron chi connectivity index (χ1n) is 9.18. The number of thioether (sulfide) groups is 1. The number of fused-ring (bicyclic) bond motifs is 1. The van der Waals surface area contributed by atoms with Gasteiger partial charge in [0.15, 0.2) is 5.16 Å². The first-order chi connectivity index (χ1) is 13.5. The number of aliphatic carboxylic acids is 1. The van der Waals surface area contributed by atoms with Crippen molar-refractivity contribution in [1.29, 1.82) is 0 Å². The second-order valence-electron chi connectivity index (χ2n) is 6.41. The van der Waals surface area contributed by atoms with Crippen LogP contribution in [-0.4, -0.2) is 77.5 Å². The zero-order valence-electron chi connectivity index (χ0n) is 16.0. The van der Waals surface area contributed by atoms with Gasteiger partial charge in [-0.3, -0.25) is 9.59 Å². The van der Waals surface area contributed by atoms with E-state index in [1.165, 1.54) is 4.88 Å². The third-order valence-corrected chi connectivity index (χ3v) is 6.53. The number of amides is 1. The number of aromatic nitrogens is 2. The Kier molecular flexibility index (Phi) is 7.08.